The minimum atomic E-state index is 0.675. The Bertz CT molecular complexity index is 608. The molecular weight excluding hydrogens is 260 g/mol. The zero-order valence-corrected chi connectivity index (χ0v) is 12.1. The van der Waals surface area contributed by atoms with Crippen molar-refractivity contribution in [2.75, 3.05) is 19.7 Å². The van der Waals surface area contributed by atoms with E-state index < -0.39 is 0 Å². The highest BCUT2D eigenvalue weighted by Crippen LogP contribution is 2.19. The largest absolute Gasteiger partial charge is 0.492 e. The number of amidine groups is 1. The van der Waals surface area contributed by atoms with Crippen molar-refractivity contribution in [3.8, 4) is 5.75 Å². The smallest absolute Gasteiger partial charge is 0.132 e. The van der Waals surface area contributed by atoms with Gasteiger partial charge in [0.05, 0.1) is 12.2 Å². The summed E-state index contributed by atoms with van der Waals surface area (Å²) in [5.74, 6) is 1.86. The molecule has 21 heavy (non-hydrogen) atoms. The van der Waals surface area contributed by atoms with E-state index in [-0.39, 0.29) is 0 Å². The molecule has 1 N–H and O–H groups in total. The highest BCUT2D eigenvalue weighted by atomic mass is 16.5. The van der Waals surface area contributed by atoms with E-state index in [4.69, 9.17) is 4.74 Å². The monoisotopic (exact) mass is 280 g/mol. The Labute approximate surface area is 125 Å². The molecule has 0 unspecified atom stereocenters. The number of hydrogen-bond acceptors (Lipinski definition) is 3. The maximum atomic E-state index is 5.97. The van der Waals surface area contributed by atoms with Gasteiger partial charge >= 0.3 is 0 Å². The quantitative estimate of drug-likeness (QED) is 0.913. The molecule has 0 radical (unpaired) electrons. The van der Waals surface area contributed by atoms with Crippen molar-refractivity contribution in [3.05, 3.63) is 65.7 Å². The molecule has 3 rings (SSSR count). The van der Waals surface area contributed by atoms with Gasteiger partial charge < -0.3 is 10.1 Å². The topological polar surface area (TPSA) is 33.6 Å². The van der Waals surface area contributed by atoms with E-state index in [1.807, 2.05) is 24.3 Å². The Hall–Kier alpha value is -2.29. The molecule has 0 aromatic heterocycles. The van der Waals surface area contributed by atoms with E-state index in [0.717, 1.165) is 43.1 Å². The molecule has 0 fully saturated rings. The van der Waals surface area contributed by atoms with E-state index >= 15 is 0 Å². The van der Waals surface area contributed by atoms with Gasteiger partial charge in [-0.15, -0.1) is 0 Å². The average molecular weight is 280 g/mol. The molecular formula is C18H20N2O. The van der Waals surface area contributed by atoms with Crippen molar-refractivity contribution in [1.29, 1.82) is 0 Å². The lowest BCUT2D eigenvalue weighted by Gasteiger charge is -2.17. The van der Waals surface area contributed by atoms with Gasteiger partial charge in [-0.25, -0.2) is 0 Å². The summed E-state index contributed by atoms with van der Waals surface area (Å²) < 4.78 is 5.97. The van der Waals surface area contributed by atoms with Crippen LogP contribution in [0.3, 0.4) is 0 Å². The van der Waals surface area contributed by atoms with E-state index in [1.54, 1.807) is 0 Å². The Balaban J connectivity index is 1.66. The number of para-hydroxylation sites is 1. The van der Waals surface area contributed by atoms with Crippen LogP contribution in [0.4, 0.5) is 0 Å². The van der Waals surface area contributed by atoms with Crippen molar-refractivity contribution in [3.63, 3.8) is 0 Å². The maximum Gasteiger partial charge on any atom is 0.132 e. The van der Waals surface area contributed by atoms with Crippen LogP contribution in [-0.4, -0.2) is 25.5 Å². The lowest BCUT2D eigenvalue weighted by atomic mass is 10.1. The van der Waals surface area contributed by atoms with Crippen LogP contribution < -0.4 is 10.1 Å². The number of ether oxygens (including phenoxy) is 1. The number of rotatable bonds is 5. The molecule has 2 aromatic rings. The first-order chi connectivity index (χ1) is 10.4. The summed E-state index contributed by atoms with van der Waals surface area (Å²) in [6.07, 6.45) is 2.01. The van der Waals surface area contributed by atoms with Crippen LogP contribution in [0.1, 0.15) is 17.5 Å². The number of aliphatic imine (C=N–C) groups is 1. The second kappa shape index (κ2) is 6.93. The minimum absolute atomic E-state index is 0.675. The Morgan fingerprint density at radius 1 is 1.00 bits per heavy atom. The summed E-state index contributed by atoms with van der Waals surface area (Å²) in [6.45, 7) is 2.55. The summed E-state index contributed by atoms with van der Waals surface area (Å²) in [4.78, 5) is 4.55. The molecule has 1 aliphatic heterocycles. The molecule has 108 valence electrons. The van der Waals surface area contributed by atoms with Crippen LogP contribution in [0.2, 0.25) is 0 Å². The zero-order chi connectivity index (χ0) is 14.3. The maximum absolute atomic E-state index is 5.97. The van der Waals surface area contributed by atoms with Crippen LogP contribution in [0.25, 0.3) is 0 Å². The molecule has 2 aromatic carbocycles. The molecule has 0 bridgehead atoms. The van der Waals surface area contributed by atoms with Gasteiger partial charge in [0.1, 0.15) is 11.6 Å². The van der Waals surface area contributed by atoms with Gasteiger partial charge in [0.25, 0.3) is 0 Å². The molecule has 3 heteroatoms. The third-order valence-corrected chi connectivity index (χ3v) is 3.53. The molecule has 1 aliphatic rings. The van der Waals surface area contributed by atoms with Gasteiger partial charge in [0, 0.05) is 19.5 Å². The lowest BCUT2D eigenvalue weighted by molar-refractivity contribution is 0.321. The molecule has 0 amide bonds. The van der Waals surface area contributed by atoms with E-state index in [0.29, 0.717) is 6.61 Å². The molecule has 0 saturated heterocycles. The average Bonchev–Trinajstić information content (AvgIpc) is 2.57. The molecule has 1 heterocycles. The van der Waals surface area contributed by atoms with Crippen molar-refractivity contribution < 1.29 is 4.74 Å². The summed E-state index contributed by atoms with van der Waals surface area (Å²) >= 11 is 0. The first-order valence-corrected chi connectivity index (χ1v) is 7.48. The molecule has 3 nitrogen and oxygen atoms in total. The summed E-state index contributed by atoms with van der Waals surface area (Å²) in [5, 5.41) is 3.35. The molecule has 0 spiro atoms. The van der Waals surface area contributed by atoms with E-state index in [2.05, 4.69) is 40.6 Å². The normalized spacial score (nSPS) is 14.2. The van der Waals surface area contributed by atoms with Gasteiger partial charge in [0.15, 0.2) is 0 Å². The van der Waals surface area contributed by atoms with Crippen LogP contribution >= 0.6 is 0 Å². The van der Waals surface area contributed by atoms with Crippen LogP contribution in [-0.2, 0) is 6.42 Å². The fraction of sp³-hybridized carbons (Fsp3) is 0.278. The van der Waals surface area contributed by atoms with Gasteiger partial charge in [0.2, 0.25) is 0 Å². The molecule has 0 atom stereocenters. The third-order valence-electron chi connectivity index (χ3n) is 3.53. The lowest BCUT2D eigenvalue weighted by Crippen LogP contribution is -2.30. The second-order valence-corrected chi connectivity index (χ2v) is 5.09. The fourth-order valence-electron chi connectivity index (χ4n) is 2.42. The fourth-order valence-corrected chi connectivity index (χ4v) is 2.42. The Kier molecular flexibility index (Phi) is 4.52. The van der Waals surface area contributed by atoms with Crippen molar-refractivity contribution in [1.82, 2.24) is 5.32 Å². The number of nitrogens with zero attached hydrogens (tertiary/aromatic N) is 1. The summed E-state index contributed by atoms with van der Waals surface area (Å²) in [5.41, 5.74) is 2.35. The van der Waals surface area contributed by atoms with Crippen molar-refractivity contribution in [2.45, 2.75) is 12.8 Å². The van der Waals surface area contributed by atoms with Gasteiger partial charge in [-0.2, -0.15) is 0 Å². The van der Waals surface area contributed by atoms with Crippen LogP contribution in [0, 0.1) is 0 Å². The van der Waals surface area contributed by atoms with Gasteiger partial charge in [-0.1, -0.05) is 42.5 Å². The number of benzene rings is 2. The summed E-state index contributed by atoms with van der Waals surface area (Å²) in [6, 6.07) is 18.5. The predicted molar refractivity (Wildman–Crippen MR) is 86.1 cm³/mol. The van der Waals surface area contributed by atoms with Crippen molar-refractivity contribution in [2.24, 2.45) is 4.99 Å². The third kappa shape index (κ3) is 3.63. The highest BCUT2D eigenvalue weighted by Gasteiger charge is 2.12. The first kappa shape index (κ1) is 13.7. The van der Waals surface area contributed by atoms with Crippen LogP contribution in [0.15, 0.2) is 59.6 Å². The Morgan fingerprint density at radius 2 is 1.81 bits per heavy atom. The SMILES string of the molecule is c1ccc(CCOc2ccccc2C2=NCCCN2)cc1. The highest BCUT2D eigenvalue weighted by molar-refractivity contribution is 6.01. The van der Waals surface area contributed by atoms with Crippen molar-refractivity contribution >= 4 is 5.84 Å². The standard InChI is InChI=1S/C18H20N2O/c1-2-7-15(8-3-1)11-14-21-17-10-5-4-9-16(17)18-19-12-6-13-20-18/h1-5,7-10H,6,11-14H2,(H,19,20). The first-order valence-electron chi connectivity index (χ1n) is 7.48. The Morgan fingerprint density at radius 3 is 2.62 bits per heavy atom. The van der Waals surface area contributed by atoms with Gasteiger partial charge in [-0.3, -0.25) is 4.99 Å². The predicted octanol–water partition coefficient (Wildman–Crippen LogP) is 3.05. The van der Waals surface area contributed by atoms with E-state index in [1.165, 1.54) is 5.56 Å². The number of hydrogen-bond donors (Lipinski definition) is 1. The second-order valence-electron chi connectivity index (χ2n) is 5.09. The van der Waals surface area contributed by atoms with Gasteiger partial charge in [-0.05, 0) is 24.1 Å². The van der Waals surface area contributed by atoms with Crippen LogP contribution in [0.5, 0.6) is 5.75 Å². The molecule has 0 saturated carbocycles. The molecule has 0 aliphatic carbocycles. The summed E-state index contributed by atoms with van der Waals surface area (Å²) in [7, 11) is 0. The zero-order valence-electron chi connectivity index (χ0n) is 12.1. The van der Waals surface area contributed by atoms with E-state index in [9.17, 15) is 0 Å². The number of nitrogens with one attached hydrogen (secondary N) is 1. The minimum Gasteiger partial charge on any atom is -0.492 e.